The van der Waals surface area contributed by atoms with Crippen LogP contribution in [-0.2, 0) is 6.61 Å². The van der Waals surface area contributed by atoms with E-state index in [1.54, 1.807) is 6.20 Å². The van der Waals surface area contributed by atoms with Crippen molar-refractivity contribution in [2.45, 2.75) is 25.9 Å². The largest absolute Gasteiger partial charge is 0.390 e. The van der Waals surface area contributed by atoms with Crippen molar-refractivity contribution in [2.75, 3.05) is 61.4 Å². The molecular formula is C23H30N8O. The van der Waals surface area contributed by atoms with Crippen LogP contribution in [0.3, 0.4) is 0 Å². The number of nitrogens with one attached hydrogen (secondary N) is 1. The number of aliphatic hydroxyl groups excluding tert-OH is 1. The van der Waals surface area contributed by atoms with Gasteiger partial charge in [-0.05, 0) is 44.5 Å². The normalized spacial score (nSPS) is 17.7. The lowest BCUT2D eigenvalue weighted by Gasteiger charge is -2.33. The molecule has 0 aliphatic carbocycles. The molecule has 168 valence electrons. The third-order valence-corrected chi connectivity index (χ3v) is 6.27. The number of nitrogens with zero attached hydrogens (tertiary/aromatic N) is 7. The number of aromatic nitrogens is 4. The fourth-order valence-corrected chi connectivity index (χ4v) is 4.37. The third kappa shape index (κ3) is 4.44. The number of fused-ring (bicyclic) bond motifs is 1. The monoisotopic (exact) mass is 434 g/mol. The summed E-state index contributed by atoms with van der Waals surface area (Å²) in [4.78, 5) is 25.5. The Balaban J connectivity index is 1.38. The van der Waals surface area contributed by atoms with Gasteiger partial charge in [0.15, 0.2) is 5.82 Å². The zero-order valence-electron chi connectivity index (χ0n) is 18.5. The van der Waals surface area contributed by atoms with Crippen molar-refractivity contribution in [2.24, 2.45) is 0 Å². The average molecular weight is 435 g/mol. The Morgan fingerprint density at radius 2 is 1.72 bits per heavy atom. The molecule has 0 bridgehead atoms. The van der Waals surface area contributed by atoms with Crippen LogP contribution in [0.25, 0.3) is 10.9 Å². The molecule has 0 amide bonds. The molecule has 5 heterocycles. The van der Waals surface area contributed by atoms with E-state index in [1.165, 1.54) is 6.42 Å². The summed E-state index contributed by atoms with van der Waals surface area (Å²) in [5.41, 5.74) is 2.58. The molecule has 9 heteroatoms. The van der Waals surface area contributed by atoms with E-state index in [2.05, 4.69) is 43.1 Å². The number of piperazine rings is 1. The van der Waals surface area contributed by atoms with Gasteiger partial charge in [0.05, 0.1) is 24.2 Å². The molecule has 9 nitrogen and oxygen atoms in total. The Kier molecular flexibility index (Phi) is 6.00. The highest BCUT2D eigenvalue weighted by molar-refractivity contribution is 5.89. The summed E-state index contributed by atoms with van der Waals surface area (Å²) in [5.74, 6) is 2.03. The van der Waals surface area contributed by atoms with Crippen molar-refractivity contribution < 1.29 is 5.11 Å². The van der Waals surface area contributed by atoms with Gasteiger partial charge in [-0.2, -0.15) is 0 Å². The summed E-state index contributed by atoms with van der Waals surface area (Å²) >= 11 is 0. The van der Waals surface area contributed by atoms with Crippen LogP contribution in [0, 0.1) is 0 Å². The van der Waals surface area contributed by atoms with Crippen molar-refractivity contribution in [1.29, 1.82) is 0 Å². The van der Waals surface area contributed by atoms with E-state index in [9.17, 15) is 5.11 Å². The first-order valence-electron chi connectivity index (χ1n) is 11.4. The van der Waals surface area contributed by atoms with Gasteiger partial charge in [-0.1, -0.05) is 0 Å². The summed E-state index contributed by atoms with van der Waals surface area (Å²) in [5, 5.41) is 13.8. The van der Waals surface area contributed by atoms with Gasteiger partial charge in [-0.25, -0.2) is 19.9 Å². The van der Waals surface area contributed by atoms with E-state index in [0.717, 1.165) is 74.5 Å². The predicted molar refractivity (Wildman–Crippen MR) is 127 cm³/mol. The van der Waals surface area contributed by atoms with Crippen LogP contribution in [0.4, 0.5) is 23.3 Å². The first-order chi connectivity index (χ1) is 15.7. The quantitative estimate of drug-likeness (QED) is 0.628. The molecule has 0 unspecified atom stereocenters. The molecule has 0 spiro atoms. The van der Waals surface area contributed by atoms with Crippen LogP contribution in [0.1, 0.15) is 25.0 Å². The van der Waals surface area contributed by atoms with Crippen LogP contribution in [0.5, 0.6) is 0 Å². The van der Waals surface area contributed by atoms with Gasteiger partial charge in [0.2, 0.25) is 5.95 Å². The lowest BCUT2D eigenvalue weighted by atomic mass is 10.1. The maximum Gasteiger partial charge on any atom is 0.229 e. The number of hydrogen-bond donors (Lipinski definition) is 2. The first kappa shape index (κ1) is 20.8. The van der Waals surface area contributed by atoms with Gasteiger partial charge < -0.3 is 25.1 Å². The summed E-state index contributed by atoms with van der Waals surface area (Å²) in [7, 11) is 2.16. The molecule has 2 aliphatic heterocycles. The molecule has 0 radical (unpaired) electrons. The minimum atomic E-state index is -0.0969. The van der Waals surface area contributed by atoms with Gasteiger partial charge in [0, 0.05) is 50.9 Å². The second-order valence-corrected chi connectivity index (χ2v) is 8.59. The Hall–Kier alpha value is -3.04. The second kappa shape index (κ2) is 9.22. The van der Waals surface area contributed by atoms with Crippen LogP contribution in [-0.4, -0.2) is 76.3 Å². The summed E-state index contributed by atoms with van der Waals surface area (Å²) in [6.07, 6.45) is 7.23. The van der Waals surface area contributed by atoms with Crippen molar-refractivity contribution in [3.8, 4) is 0 Å². The molecule has 0 aromatic carbocycles. The van der Waals surface area contributed by atoms with E-state index in [-0.39, 0.29) is 6.61 Å². The SMILES string of the molecule is CN1CCN(c2ccc(Nc3ncc4cc(CO)nc(N5CCCCC5)c4n3)nc2)CC1. The minimum absolute atomic E-state index is 0.0969. The topological polar surface area (TPSA) is 93.5 Å². The molecule has 2 fully saturated rings. The highest BCUT2D eigenvalue weighted by Gasteiger charge is 2.18. The molecule has 2 aliphatic rings. The summed E-state index contributed by atoms with van der Waals surface area (Å²) < 4.78 is 0. The molecular weight excluding hydrogens is 404 g/mol. The standard InChI is InChI=1S/C23H30N8O/c1-29-9-11-30(12-10-29)19-5-6-20(24-15-19)27-23-25-14-17-13-18(16-32)26-22(21(17)28-23)31-7-3-2-4-8-31/h5-6,13-15,32H,2-4,7-12,16H2,1H3,(H,24,25,27,28). The number of likely N-dealkylation sites (N-methyl/N-ethyl adjacent to an activating group) is 1. The van der Waals surface area contributed by atoms with E-state index >= 15 is 0 Å². The molecule has 2 saturated heterocycles. The van der Waals surface area contributed by atoms with Crippen LogP contribution in [0.2, 0.25) is 0 Å². The van der Waals surface area contributed by atoms with E-state index in [1.807, 2.05) is 18.3 Å². The van der Waals surface area contributed by atoms with Crippen molar-refractivity contribution in [3.05, 3.63) is 36.3 Å². The molecule has 0 atom stereocenters. The van der Waals surface area contributed by atoms with Crippen molar-refractivity contribution in [3.63, 3.8) is 0 Å². The first-order valence-corrected chi connectivity index (χ1v) is 11.4. The number of anilines is 4. The number of aliphatic hydroxyl groups is 1. The summed E-state index contributed by atoms with van der Waals surface area (Å²) in [6.45, 7) is 5.98. The highest BCUT2D eigenvalue weighted by Crippen LogP contribution is 2.28. The molecule has 32 heavy (non-hydrogen) atoms. The van der Waals surface area contributed by atoms with Crippen LogP contribution < -0.4 is 15.1 Å². The average Bonchev–Trinajstić information content (AvgIpc) is 2.85. The molecule has 2 N–H and O–H groups in total. The van der Waals surface area contributed by atoms with E-state index in [0.29, 0.717) is 17.5 Å². The van der Waals surface area contributed by atoms with Crippen molar-refractivity contribution >= 4 is 34.2 Å². The zero-order valence-corrected chi connectivity index (χ0v) is 18.5. The number of hydrogen-bond acceptors (Lipinski definition) is 9. The molecule has 5 rings (SSSR count). The maximum absolute atomic E-state index is 9.65. The van der Waals surface area contributed by atoms with Gasteiger partial charge in [0.25, 0.3) is 0 Å². The number of pyridine rings is 2. The summed E-state index contributed by atoms with van der Waals surface area (Å²) in [6, 6.07) is 5.92. The lowest BCUT2D eigenvalue weighted by molar-refractivity contribution is 0.277. The second-order valence-electron chi connectivity index (χ2n) is 8.59. The van der Waals surface area contributed by atoms with Gasteiger partial charge in [0.1, 0.15) is 11.3 Å². The van der Waals surface area contributed by atoms with Gasteiger partial charge >= 0.3 is 0 Å². The van der Waals surface area contributed by atoms with Crippen LogP contribution in [0.15, 0.2) is 30.6 Å². The number of piperidine rings is 1. The minimum Gasteiger partial charge on any atom is -0.390 e. The highest BCUT2D eigenvalue weighted by atomic mass is 16.3. The molecule has 3 aromatic rings. The predicted octanol–water partition coefficient (Wildman–Crippen LogP) is 2.40. The Bertz CT molecular complexity index is 1060. The Morgan fingerprint density at radius 1 is 0.906 bits per heavy atom. The Labute approximate surface area is 188 Å². The fourth-order valence-electron chi connectivity index (χ4n) is 4.37. The van der Waals surface area contributed by atoms with Crippen molar-refractivity contribution in [1.82, 2.24) is 24.8 Å². The Morgan fingerprint density at radius 3 is 2.44 bits per heavy atom. The van der Waals surface area contributed by atoms with Crippen LogP contribution >= 0.6 is 0 Å². The van der Waals surface area contributed by atoms with E-state index < -0.39 is 0 Å². The van der Waals surface area contributed by atoms with Gasteiger partial charge in [-0.15, -0.1) is 0 Å². The lowest BCUT2D eigenvalue weighted by Crippen LogP contribution is -2.44. The smallest absolute Gasteiger partial charge is 0.229 e. The maximum atomic E-state index is 9.65. The number of rotatable bonds is 5. The molecule has 3 aromatic heterocycles. The zero-order chi connectivity index (χ0) is 21.9. The fraction of sp³-hybridized carbons (Fsp3) is 0.478. The van der Waals surface area contributed by atoms with Gasteiger partial charge in [-0.3, -0.25) is 0 Å². The van der Waals surface area contributed by atoms with E-state index in [4.69, 9.17) is 9.97 Å². The molecule has 0 saturated carbocycles. The third-order valence-electron chi connectivity index (χ3n) is 6.27.